The number of nitrogens with one attached hydrogen (secondary N) is 2. The molecule has 1 aliphatic rings. The summed E-state index contributed by atoms with van der Waals surface area (Å²) < 4.78 is 5.39. The minimum atomic E-state index is -0.257. The summed E-state index contributed by atoms with van der Waals surface area (Å²) in [5.74, 6) is -0.511. The summed E-state index contributed by atoms with van der Waals surface area (Å²) in [5, 5.41) is 5.58. The Balaban J connectivity index is 1.59. The van der Waals surface area contributed by atoms with E-state index < -0.39 is 0 Å². The molecule has 0 unspecified atom stereocenters. The Labute approximate surface area is 159 Å². The van der Waals surface area contributed by atoms with Gasteiger partial charge < -0.3 is 20.3 Å². The SMILES string of the molecule is Cc1ccc(C(=O)NCC(=O)Nc2ccccc2N2CCOCC2)cc1C. The molecule has 0 spiro atoms. The lowest BCUT2D eigenvalue weighted by atomic mass is 10.1. The maximum absolute atomic E-state index is 12.3. The van der Waals surface area contributed by atoms with Crippen LogP contribution in [0.4, 0.5) is 11.4 Å². The molecule has 142 valence electrons. The molecular weight excluding hydrogens is 342 g/mol. The molecule has 0 atom stereocenters. The van der Waals surface area contributed by atoms with Crippen molar-refractivity contribution in [3.63, 3.8) is 0 Å². The largest absolute Gasteiger partial charge is 0.378 e. The third-order valence-corrected chi connectivity index (χ3v) is 4.71. The van der Waals surface area contributed by atoms with Crippen LogP contribution in [0.1, 0.15) is 21.5 Å². The Kier molecular flexibility index (Phi) is 6.08. The number of ether oxygens (including phenoxy) is 1. The number of carbonyl (C=O) groups is 2. The molecule has 0 bridgehead atoms. The van der Waals surface area contributed by atoms with Crippen molar-refractivity contribution in [3.05, 3.63) is 59.2 Å². The lowest BCUT2D eigenvalue weighted by Crippen LogP contribution is -2.37. The minimum Gasteiger partial charge on any atom is -0.378 e. The standard InChI is InChI=1S/C21H25N3O3/c1-15-7-8-17(13-16(15)2)21(26)22-14-20(25)23-18-5-3-4-6-19(18)24-9-11-27-12-10-24/h3-8,13H,9-12,14H2,1-2H3,(H,22,26)(H,23,25). The zero-order valence-corrected chi connectivity index (χ0v) is 15.7. The predicted molar refractivity (Wildman–Crippen MR) is 106 cm³/mol. The quantitative estimate of drug-likeness (QED) is 0.852. The first-order chi connectivity index (χ1) is 13.0. The summed E-state index contributed by atoms with van der Waals surface area (Å²) in [4.78, 5) is 26.8. The summed E-state index contributed by atoms with van der Waals surface area (Å²) in [6, 6.07) is 13.2. The van der Waals surface area contributed by atoms with Gasteiger partial charge in [-0.1, -0.05) is 18.2 Å². The molecule has 1 saturated heterocycles. The van der Waals surface area contributed by atoms with Gasteiger partial charge in [0.1, 0.15) is 0 Å². The molecule has 0 radical (unpaired) electrons. The van der Waals surface area contributed by atoms with Gasteiger partial charge in [0.15, 0.2) is 0 Å². The Hall–Kier alpha value is -2.86. The van der Waals surface area contributed by atoms with E-state index in [1.165, 1.54) is 0 Å². The normalized spacial score (nSPS) is 13.9. The summed E-state index contributed by atoms with van der Waals surface area (Å²) >= 11 is 0. The van der Waals surface area contributed by atoms with Gasteiger partial charge in [-0.15, -0.1) is 0 Å². The number of morpholine rings is 1. The highest BCUT2D eigenvalue weighted by Gasteiger charge is 2.16. The third-order valence-electron chi connectivity index (χ3n) is 4.71. The first-order valence-corrected chi connectivity index (χ1v) is 9.11. The van der Waals surface area contributed by atoms with E-state index in [0.29, 0.717) is 18.8 Å². The van der Waals surface area contributed by atoms with Crippen molar-refractivity contribution >= 4 is 23.2 Å². The number of anilines is 2. The highest BCUT2D eigenvalue weighted by Crippen LogP contribution is 2.26. The molecule has 2 aromatic rings. The van der Waals surface area contributed by atoms with Crippen LogP contribution in [0.25, 0.3) is 0 Å². The van der Waals surface area contributed by atoms with E-state index in [1.807, 2.05) is 50.2 Å². The fourth-order valence-electron chi connectivity index (χ4n) is 3.00. The number of aryl methyl sites for hydroxylation is 2. The van der Waals surface area contributed by atoms with Crippen LogP contribution in [0, 0.1) is 13.8 Å². The van der Waals surface area contributed by atoms with Crippen molar-refractivity contribution in [3.8, 4) is 0 Å². The van der Waals surface area contributed by atoms with Gasteiger partial charge in [0, 0.05) is 18.7 Å². The minimum absolute atomic E-state index is 0.0802. The molecule has 27 heavy (non-hydrogen) atoms. The number of hydrogen-bond donors (Lipinski definition) is 2. The number of hydrogen-bond acceptors (Lipinski definition) is 4. The molecule has 2 aromatic carbocycles. The maximum Gasteiger partial charge on any atom is 0.251 e. The van der Waals surface area contributed by atoms with Gasteiger partial charge in [-0.25, -0.2) is 0 Å². The highest BCUT2D eigenvalue weighted by atomic mass is 16.5. The number of rotatable bonds is 5. The number of nitrogens with zero attached hydrogens (tertiary/aromatic N) is 1. The highest BCUT2D eigenvalue weighted by molar-refractivity contribution is 6.00. The molecule has 1 fully saturated rings. The molecule has 0 aliphatic carbocycles. The Morgan fingerprint density at radius 3 is 2.52 bits per heavy atom. The van der Waals surface area contributed by atoms with Crippen molar-refractivity contribution in [1.82, 2.24) is 5.32 Å². The molecular formula is C21H25N3O3. The van der Waals surface area contributed by atoms with Crippen LogP contribution in [0.2, 0.25) is 0 Å². The van der Waals surface area contributed by atoms with Crippen LogP contribution < -0.4 is 15.5 Å². The fraction of sp³-hybridized carbons (Fsp3) is 0.333. The third kappa shape index (κ3) is 4.86. The van der Waals surface area contributed by atoms with E-state index in [0.717, 1.165) is 35.6 Å². The Morgan fingerprint density at radius 1 is 1.04 bits per heavy atom. The lowest BCUT2D eigenvalue weighted by Gasteiger charge is -2.30. The average molecular weight is 367 g/mol. The molecule has 1 heterocycles. The molecule has 1 aliphatic heterocycles. The van der Waals surface area contributed by atoms with Crippen molar-refractivity contribution in [2.24, 2.45) is 0 Å². The number of para-hydroxylation sites is 2. The van der Waals surface area contributed by atoms with Crippen molar-refractivity contribution in [2.45, 2.75) is 13.8 Å². The van der Waals surface area contributed by atoms with Gasteiger partial charge >= 0.3 is 0 Å². The van der Waals surface area contributed by atoms with Gasteiger partial charge in [0.05, 0.1) is 31.1 Å². The van der Waals surface area contributed by atoms with Crippen LogP contribution in [0.3, 0.4) is 0 Å². The number of carbonyl (C=O) groups excluding carboxylic acids is 2. The fourth-order valence-corrected chi connectivity index (χ4v) is 3.00. The zero-order chi connectivity index (χ0) is 19.2. The summed E-state index contributed by atoms with van der Waals surface area (Å²) in [6.45, 7) is 6.80. The van der Waals surface area contributed by atoms with Crippen LogP contribution in [-0.2, 0) is 9.53 Å². The number of benzene rings is 2. The van der Waals surface area contributed by atoms with E-state index in [9.17, 15) is 9.59 Å². The molecule has 6 nitrogen and oxygen atoms in total. The average Bonchev–Trinajstić information content (AvgIpc) is 2.69. The van der Waals surface area contributed by atoms with Crippen molar-refractivity contribution in [2.75, 3.05) is 43.1 Å². The van der Waals surface area contributed by atoms with Gasteiger partial charge in [-0.05, 0) is 49.2 Å². The predicted octanol–water partition coefficient (Wildman–Crippen LogP) is 2.51. The molecule has 6 heteroatoms. The zero-order valence-electron chi connectivity index (χ0n) is 15.7. The van der Waals surface area contributed by atoms with E-state index in [2.05, 4.69) is 15.5 Å². The van der Waals surface area contributed by atoms with Gasteiger partial charge in [0.25, 0.3) is 5.91 Å². The van der Waals surface area contributed by atoms with Crippen LogP contribution in [-0.4, -0.2) is 44.7 Å². The first kappa shape index (κ1) is 18.9. The molecule has 2 N–H and O–H groups in total. The molecule has 2 amide bonds. The van der Waals surface area contributed by atoms with E-state index in [-0.39, 0.29) is 18.4 Å². The lowest BCUT2D eigenvalue weighted by molar-refractivity contribution is -0.115. The van der Waals surface area contributed by atoms with Crippen molar-refractivity contribution in [1.29, 1.82) is 0 Å². The summed E-state index contributed by atoms with van der Waals surface area (Å²) in [5.41, 5.74) is 4.44. The Bertz CT molecular complexity index is 829. The molecule has 0 saturated carbocycles. The Morgan fingerprint density at radius 2 is 1.78 bits per heavy atom. The van der Waals surface area contributed by atoms with E-state index in [4.69, 9.17) is 4.74 Å². The second-order valence-electron chi connectivity index (χ2n) is 6.65. The van der Waals surface area contributed by atoms with E-state index >= 15 is 0 Å². The first-order valence-electron chi connectivity index (χ1n) is 9.11. The van der Waals surface area contributed by atoms with E-state index in [1.54, 1.807) is 6.07 Å². The van der Waals surface area contributed by atoms with Gasteiger partial charge in [-0.3, -0.25) is 9.59 Å². The van der Waals surface area contributed by atoms with Gasteiger partial charge in [-0.2, -0.15) is 0 Å². The monoisotopic (exact) mass is 367 g/mol. The van der Waals surface area contributed by atoms with Crippen LogP contribution in [0.5, 0.6) is 0 Å². The smallest absolute Gasteiger partial charge is 0.251 e. The van der Waals surface area contributed by atoms with Gasteiger partial charge in [0.2, 0.25) is 5.91 Å². The van der Waals surface area contributed by atoms with Crippen molar-refractivity contribution < 1.29 is 14.3 Å². The maximum atomic E-state index is 12.3. The summed E-state index contributed by atoms with van der Waals surface area (Å²) in [7, 11) is 0. The molecule has 0 aromatic heterocycles. The number of amides is 2. The second-order valence-corrected chi connectivity index (χ2v) is 6.65. The van der Waals surface area contributed by atoms with Crippen LogP contribution in [0.15, 0.2) is 42.5 Å². The second kappa shape index (κ2) is 8.68. The summed E-state index contributed by atoms with van der Waals surface area (Å²) in [6.07, 6.45) is 0. The topological polar surface area (TPSA) is 70.7 Å². The van der Waals surface area contributed by atoms with Crippen LogP contribution >= 0.6 is 0 Å². The molecule has 3 rings (SSSR count).